The molecule has 12 nitrogen and oxygen atoms in total. The number of hydrogen-bond acceptors (Lipinski definition) is 9. The van der Waals surface area contributed by atoms with E-state index in [4.69, 9.17) is 15.5 Å². The van der Waals surface area contributed by atoms with Gasteiger partial charge in [0, 0.05) is 37.0 Å². The van der Waals surface area contributed by atoms with Crippen LogP contribution in [0.1, 0.15) is 62.8 Å². The number of anilines is 2. The molecule has 2 aromatic heterocycles. The molecule has 5 N–H and O–H groups in total. The normalized spacial score (nSPS) is 15.7. The Hall–Kier alpha value is -4.81. The van der Waals surface area contributed by atoms with Gasteiger partial charge in [-0.15, -0.1) is 0 Å². The first-order chi connectivity index (χ1) is 22.3. The average Bonchev–Trinajstić information content (AvgIpc) is 3.28. The van der Waals surface area contributed by atoms with Crippen molar-refractivity contribution in [2.45, 2.75) is 44.2 Å². The highest BCUT2D eigenvalue weighted by Gasteiger charge is 2.29. The lowest BCUT2D eigenvalue weighted by atomic mass is 10.0. The summed E-state index contributed by atoms with van der Waals surface area (Å²) in [5, 5.41) is 14.1. The van der Waals surface area contributed by atoms with E-state index in [2.05, 4.69) is 38.0 Å². The van der Waals surface area contributed by atoms with Crippen LogP contribution in [0.3, 0.4) is 0 Å². The van der Waals surface area contributed by atoms with Gasteiger partial charge >= 0.3 is 0 Å². The number of carbonyl (C=O) groups is 2. The van der Waals surface area contributed by atoms with Crippen LogP contribution in [0.5, 0.6) is 5.75 Å². The Bertz CT molecular complexity index is 1710. The second-order valence-electron chi connectivity index (χ2n) is 12.0. The Kier molecular flexibility index (Phi) is 9.27. The predicted molar refractivity (Wildman–Crippen MR) is 176 cm³/mol. The molecule has 12 heteroatoms. The molecule has 2 aliphatic rings. The molecule has 0 unspecified atom stereocenters. The van der Waals surface area contributed by atoms with E-state index < -0.39 is 0 Å². The van der Waals surface area contributed by atoms with Crippen molar-refractivity contribution in [1.82, 2.24) is 35.3 Å². The number of aromatic nitrogens is 4. The zero-order valence-corrected chi connectivity index (χ0v) is 26.5. The zero-order chi connectivity index (χ0) is 32.2. The number of nitrogens with zero attached hydrogens (tertiary/aromatic N) is 5. The van der Waals surface area contributed by atoms with Gasteiger partial charge in [-0.3, -0.25) is 14.3 Å². The van der Waals surface area contributed by atoms with E-state index in [0.29, 0.717) is 35.1 Å². The van der Waals surface area contributed by atoms with E-state index in [0.717, 1.165) is 66.9 Å². The van der Waals surface area contributed by atoms with Crippen LogP contribution in [0.2, 0.25) is 0 Å². The summed E-state index contributed by atoms with van der Waals surface area (Å²) in [5.41, 5.74) is 11.9. The summed E-state index contributed by atoms with van der Waals surface area (Å²) in [5.74, 6) is 0.484. The van der Waals surface area contributed by atoms with Crippen molar-refractivity contribution >= 4 is 23.5 Å². The molecule has 46 heavy (non-hydrogen) atoms. The van der Waals surface area contributed by atoms with Gasteiger partial charge in [0.2, 0.25) is 5.95 Å². The molecule has 1 fully saturated rings. The van der Waals surface area contributed by atoms with Crippen LogP contribution in [0.4, 0.5) is 11.6 Å². The zero-order valence-electron chi connectivity index (χ0n) is 26.5. The molecule has 0 bridgehead atoms. The molecule has 0 saturated carbocycles. The predicted octanol–water partition coefficient (Wildman–Crippen LogP) is 3.37. The monoisotopic (exact) mass is 623 g/mol. The highest BCUT2D eigenvalue weighted by Crippen LogP contribution is 2.35. The summed E-state index contributed by atoms with van der Waals surface area (Å²) >= 11 is 0. The summed E-state index contributed by atoms with van der Waals surface area (Å²) < 4.78 is 7.38. The largest absolute Gasteiger partial charge is 0.495 e. The molecule has 1 saturated heterocycles. The number of ether oxygens (including phenoxy) is 1. The van der Waals surface area contributed by atoms with E-state index in [1.807, 2.05) is 43.6 Å². The fourth-order valence-corrected chi connectivity index (χ4v) is 6.26. The third-order valence-corrected chi connectivity index (χ3v) is 8.83. The van der Waals surface area contributed by atoms with E-state index >= 15 is 0 Å². The third-order valence-electron chi connectivity index (χ3n) is 8.83. The number of carbonyl (C=O) groups excluding carboxylic acids is 2. The molecule has 6 rings (SSSR count). The fraction of sp³-hybridized carbons (Fsp3) is 0.382. The maximum atomic E-state index is 13.5. The minimum Gasteiger partial charge on any atom is -0.495 e. The number of fused-ring (bicyclic) bond motifs is 3. The lowest BCUT2D eigenvalue weighted by Crippen LogP contribution is -2.43. The molecule has 4 aromatic rings. The number of nitrogens with one attached hydrogen (secondary N) is 3. The molecule has 1 aliphatic heterocycles. The van der Waals surface area contributed by atoms with E-state index in [-0.39, 0.29) is 30.4 Å². The summed E-state index contributed by atoms with van der Waals surface area (Å²) in [6.45, 7) is 2.20. The number of piperidine rings is 1. The topological polar surface area (TPSA) is 152 Å². The van der Waals surface area contributed by atoms with Crippen molar-refractivity contribution in [3.8, 4) is 17.1 Å². The lowest BCUT2D eigenvalue weighted by molar-refractivity contribution is 0.0913. The fourth-order valence-electron chi connectivity index (χ4n) is 6.26. The Morgan fingerprint density at radius 3 is 2.59 bits per heavy atom. The Balaban J connectivity index is 1.23. The highest BCUT2D eigenvalue weighted by atomic mass is 16.5. The number of nitrogens with two attached hydrogens (primary N) is 1. The summed E-state index contributed by atoms with van der Waals surface area (Å²) in [6, 6.07) is 14.8. The van der Waals surface area contributed by atoms with Crippen LogP contribution >= 0.6 is 0 Å². The number of amides is 2. The van der Waals surface area contributed by atoms with Gasteiger partial charge < -0.3 is 31.3 Å². The Morgan fingerprint density at radius 1 is 1.07 bits per heavy atom. The average molecular weight is 624 g/mol. The minimum absolute atomic E-state index is 0.120. The summed E-state index contributed by atoms with van der Waals surface area (Å²) in [6.07, 6.45) is 5.96. The number of likely N-dealkylation sites (tertiary alicyclic amines) is 1. The van der Waals surface area contributed by atoms with Gasteiger partial charge in [0.15, 0.2) is 5.69 Å². The van der Waals surface area contributed by atoms with Crippen molar-refractivity contribution < 1.29 is 14.3 Å². The molecule has 3 heterocycles. The van der Waals surface area contributed by atoms with Crippen LogP contribution in [-0.2, 0) is 19.9 Å². The van der Waals surface area contributed by atoms with Gasteiger partial charge in [0.05, 0.1) is 30.2 Å². The van der Waals surface area contributed by atoms with Crippen molar-refractivity contribution in [1.29, 1.82) is 0 Å². The van der Waals surface area contributed by atoms with E-state index in [1.165, 1.54) is 0 Å². The molecule has 0 spiro atoms. The summed E-state index contributed by atoms with van der Waals surface area (Å²) in [7, 11) is 5.49. The van der Waals surface area contributed by atoms with Crippen molar-refractivity contribution in [3.05, 3.63) is 82.7 Å². The standard InChI is InChI=1S/C34H41N9O3/c1-42-16-14-24(15-17-42)37-32(44)22-12-13-26(28(18-22)46-3)39-34-36-20-23-10-7-11-25-30(41-43(2)31(25)29(23)40-34)33(45)38-27(19-35)21-8-5-4-6-9-21/h4-6,8-9,12-13,18,20,24,27H,7,10-11,14-17,19,35H2,1-3H3,(H,37,44)(H,38,45)(H,36,39,40)/t27-/m1/s1. The van der Waals surface area contributed by atoms with Gasteiger partial charge in [-0.2, -0.15) is 5.10 Å². The first-order valence-corrected chi connectivity index (χ1v) is 15.8. The second kappa shape index (κ2) is 13.7. The molecular weight excluding hydrogens is 582 g/mol. The van der Waals surface area contributed by atoms with Crippen LogP contribution < -0.4 is 26.4 Å². The number of methoxy groups -OCH3 is 1. The van der Waals surface area contributed by atoms with Crippen molar-refractivity contribution in [3.63, 3.8) is 0 Å². The summed E-state index contributed by atoms with van der Waals surface area (Å²) in [4.78, 5) is 38.3. The van der Waals surface area contributed by atoms with Crippen molar-refractivity contribution in [2.75, 3.05) is 39.1 Å². The van der Waals surface area contributed by atoms with E-state index in [9.17, 15) is 9.59 Å². The molecule has 2 amide bonds. The quantitative estimate of drug-likeness (QED) is 0.220. The first-order valence-electron chi connectivity index (χ1n) is 15.8. The molecule has 0 radical (unpaired) electrons. The first kappa shape index (κ1) is 31.2. The number of benzene rings is 2. The highest BCUT2D eigenvalue weighted by molar-refractivity contribution is 5.96. The van der Waals surface area contributed by atoms with Crippen molar-refractivity contribution in [2.24, 2.45) is 12.8 Å². The number of rotatable bonds is 9. The van der Waals surface area contributed by atoms with Gasteiger partial charge in [0.1, 0.15) is 5.75 Å². The van der Waals surface area contributed by atoms with Crippen LogP contribution in [-0.4, -0.2) is 76.3 Å². The van der Waals surface area contributed by atoms with Crippen LogP contribution in [0.15, 0.2) is 54.7 Å². The van der Waals surface area contributed by atoms with Gasteiger partial charge in [0.25, 0.3) is 11.8 Å². The molecule has 1 aliphatic carbocycles. The number of aryl methyl sites for hydroxylation is 2. The molecule has 240 valence electrons. The molecule has 1 atom stereocenters. The Labute approximate surface area is 268 Å². The smallest absolute Gasteiger partial charge is 0.272 e. The van der Waals surface area contributed by atoms with Gasteiger partial charge in [-0.05, 0) is 81.6 Å². The third kappa shape index (κ3) is 6.58. The van der Waals surface area contributed by atoms with Crippen LogP contribution in [0, 0.1) is 0 Å². The Morgan fingerprint density at radius 2 is 1.85 bits per heavy atom. The van der Waals surface area contributed by atoms with Gasteiger partial charge in [-0.25, -0.2) is 9.97 Å². The second-order valence-corrected chi connectivity index (χ2v) is 12.0. The van der Waals surface area contributed by atoms with Crippen LogP contribution in [0.25, 0.3) is 11.4 Å². The van der Waals surface area contributed by atoms with Gasteiger partial charge in [-0.1, -0.05) is 30.3 Å². The lowest BCUT2D eigenvalue weighted by Gasteiger charge is -2.29. The van der Waals surface area contributed by atoms with E-state index in [1.54, 1.807) is 30.0 Å². The molecular formula is C34H41N9O3. The molecule has 2 aromatic carbocycles. The minimum atomic E-state index is -0.329. The number of hydrogen-bond donors (Lipinski definition) is 4. The SMILES string of the molecule is COc1cc(C(=O)NC2CCN(C)CC2)ccc1Nc1ncc2c(n1)-c1c(c(C(=O)N[C@H](CN)c3ccccc3)nn1C)CCC2. The maximum Gasteiger partial charge on any atom is 0.272 e. The maximum absolute atomic E-state index is 13.5.